The highest BCUT2D eigenvalue weighted by Crippen LogP contribution is 2.24. The van der Waals surface area contributed by atoms with Gasteiger partial charge in [-0.25, -0.2) is 4.39 Å². The summed E-state index contributed by atoms with van der Waals surface area (Å²) in [4.78, 5) is 12.1. The van der Waals surface area contributed by atoms with Crippen LogP contribution < -0.4 is 15.8 Å². The van der Waals surface area contributed by atoms with Crippen molar-refractivity contribution >= 4 is 17.3 Å². The number of hydrogen-bond donors (Lipinski definition) is 3. The standard InChI is InChI=1S/C14H17FN4O2/c1-7(2)12-11(16)13(19-18-12)14(20)17-8-4-5-9(15)10(6-8)21-3/h4-7H,16H2,1-3H3,(H,17,20)(H,18,19). The second kappa shape index (κ2) is 5.82. The van der Waals surface area contributed by atoms with Gasteiger partial charge in [-0.2, -0.15) is 5.10 Å². The number of benzene rings is 1. The summed E-state index contributed by atoms with van der Waals surface area (Å²) in [6.45, 7) is 3.88. The minimum absolute atomic E-state index is 0.0469. The van der Waals surface area contributed by atoms with Crippen molar-refractivity contribution in [3.63, 3.8) is 0 Å². The summed E-state index contributed by atoms with van der Waals surface area (Å²) < 4.78 is 18.2. The Morgan fingerprint density at radius 1 is 1.48 bits per heavy atom. The van der Waals surface area contributed by atoms with Crippen molar-refractivity contribution < 1.29 is 13.9 Å². The molecule has 0 aliphatic carbocycles. The molecule has 1 heterocycles. The molecule has 0 saturated heterocycles. The molecule has 1 amide bonds. The first-order valence-corrected chi connectivity index (χ1v) is 6.42. The molecule has 0 aliphatic rings. The summed E-state index contributed by atoms with van der Waals surface area (Å²) in [5, 5.41) is 9.28. The summed E-state index contributed by atoms with van der Waals surface area (Å²) in [6.07, 6.45) is 0. The third-order valence-corrected chi connectivity index (χ3v) is 3.03. The molecule has 1 aromatic carbocycles. The number of nitrogens with two attached hydrogens (primary N) is 1. The van der Waals surface area contributed by atoms with E-state index in [1.54, 1.807) is 0 Å². The van der Waals surface area contributed by atoms with Crippen molar-refractivity contribution in [3.05, 3.63) is 35.4 Å². The van der Waals surface area contributed by atoms with Crippen molar-refractivity contribution in [1.29, 1.82) is 0 Å². The van der Waals surface area contributed by atoms with Gasteiger partial charge in [0.15, 0.2) is 17.3 Å². The number of methoxy groups -OCH3 is 1. The summed E-state index contributed by atoms with van der Waals surface area (Å²) in [5.41, 5.74) is 7.43. The zero-order chi connectivity index (χ0) is 15.6. The molecular formula is C14H17FN4O2. The van der Waals surface area contributed by atoms with Gasteiger partial charge in [-0.05, 0) is 18.1 Å². The zero-order valence-electron chi connectivity index (χ0n) is 12.0. The Bertz CT molecular complexity index is 667. The second-order valence-electron chi connectivity index (χ2n) is 4.86. The summed E-state index contributed by atoms with van der Waals surface area (Å²) in [5.74, 6) is -0.795. The van der Waals surface area contributed by atoms with Crippen LogP contribution in [0.15, 0.2) is 18.2 Å². The molecule has 0 saturated carbocycles. The van der Waals surface area contributed by atoms with Crippen LogP contribution in [-0.4, -0.2) is 23.2 Å². The van der Waals surface area contributed by atoms with Crippen LogP contribution in [0.3, 0.4) is 0 Å². The lowest BCUT2D eigenvalue weighted by Gasteiger charge is -2.07. The minimum Gasteiger partial charge on any atom is -0.494 e. The zero-order valence-corrected chi connectivity index (χ0v) is 12.0. The maximum absolute atomic E-state index is 13.3. The van der Waals surface area contributed by atoms with E-state index in [1.165, 1.54) is 25.3 Å². The number of carbonyl (C=O) groups excluding carboxylic acids is 1. The Labute approximate surface area is 121 Å². The Balaban J connectivity index is 2.22. The molecule has 0 unspecified atom stereocenters. The number of anilines is 2. The number of hydrogen-bond acceptors (Lipinski definition) is 4. The van der Waals surface area contributed by atoms with Crippen LogP contribution in [0.5, 0.6) is 5.75 Å². The lowest BCUT2D eigenvalue weighted by molar-refractivity contribution is 0.102. The number of carbonyl (C=O) groups is 1. The monoisotopic (exact) mass is 292 g/mol. The third-order valence-electron chi connectivity index (χ3n) is 3.03. The number of aromatic nitrogens is 2. The molecule has 0 radical (unpaired) electrons. The SMILES string of the molecule is COc1cc(NC(=O)c2n[nH]c(C(C)C)c2N)ccc1F. The highest BCUT2D eigenvalue weighted by atomic mass is 19.1. The van der Waals surface area contributed by atoms with Gasteiger partial charge in [0.2, 0.25) is 0 Å². The Morgan fingerprint density at radius 3 is 2.76 bits per heavy atom. The van der Waals surface area contributed by atoms with Crippen LogP contribution in [0.2, 0.25) is 0 Å². The lowest BCUT2D eigenvalue weighted by atomic mass is 10.1. The molecule has 7 heteroatoms. The maximum Gasteiger partial charge on any atom is 0.278 e. The van der Waals surface area contributed by atoms with Crippen LogP contribution in [0.1, 0.15) is 35.9 Å². The Hall–Kier alpha value is -2.57. The normalized spacial score (nSPS) is 10.7. The van der Waals surface area contributed by atoms with E-state index < -0.39 is 11.7 Å². The first-order chi connectivity index (χ1) is 9.93. The number of nitrogens with one attached hydrogen (secondary N) is 2. The van der Waals surface area contributed by atoms with E-state index in [9.17, 15) is 9.18 Å². The summed E-state index contributed by atoms with van der Waals surface area (Å²) in [7, 11) is 1.35. The molecule has 2 aromatic rings. The average Bonchev–Trinajstić information content (AvgIpc) is 2.83. The van der Waals surface area contributed by atoms with E-state index in [1.807, 2.05) is 13.8 Å². The fourth-order valence-corrected chi connectivity index (χ4v) is 1.91. The average molecular weight is 292 g/mol. The maximum atomic E-state index is 13.3. The third kappa shape index (κ3) is 2.96. The number of aromatic amines is 1. The molecule has 0 atom stereocenters. The van der Waals surface area contributed by atoms with Crippen LogP contribution in [0.4, 0.5) is 15.8 Å². The van der Waals surface area contributed by atoms with Crippen LogP contribution in [0.25, 0.3) is 0 Å². The predicted octanol–water partition coefficient (Wildman–Crippen LogP) is 2.52. The van der Waals surface area contributed by atoms with Crippen LogP contribution >= 0.6 is 0 Å². The Kier molecular flexibility index (Phi) is 4.11. The van der Waals surface area contributed by atoms with Gasteiger partial charge in [0.25, 0.3) is 5.91 Å². The van der Waals surface area contributed by atoms with E-state index in [-0.39, 0.29) is 17.4 Å². The fraction of sp³-hybridized carbons (Fsp3) is 0.286. The highest BCUT2D eigenvalue weighted by molar-refractivity contribution is 6.06. The first kappa shape index (κ1) is 14.8. The number of halogens is 1. The summed E-state index contributed by atoms with van der Waals surface area (Å²) >= 11 is 0. The number of ether oxygens (including phenoxy) is 1. The number of nitrogen functional groups attached to an aromatic ring is 1. The topological polar surface area (TPSA) is 93.0 Å². The van der Waals surface area contributed by atoms with Crippen LogP contribution in [0, 0.1) is 5.82 Å². The largest absolute Gasteiger partial charge is 0.494 e. The van der Waals surface area contributed by atoms with Gasteiger partial charge in [-0.3, -0.25) is 9.89 Å². The fourth-order valence-electron chi connectivity index (χ4n) is 1.91. The first-order valence-electron chi connectivity index (χ1n) is 6.42. The number of nitrogens with zero attached hydrogens (tertiary/aromatic N) is 1. The van der Waals surface area contributed by atoms with Gasteiger partial charge in [-0.1, -0.05) is 13.8 Å². The van der Waals surface area contributed by atoms with Crippen LogP contribution in [-0.2, 0) is 0 Å². The quantitative estimate of drug-likeness (QED) is 0.807. The Morgan fingerprint density at radius 2 is 2.19 bits per heavy atom. The molecule has 0 bridgehead atoms. The predicted molar refractivity (Wildman–Crippen MR) is 78.0 cm³/mol. The molecule has 2 rings (SSSR count). The van der Waals surface area contributed by atoms with Gasteiger partial charge in [0.05, 0.1) is 18.5 Å². The van der Waals surface area contributed by atoms with Gasteiger partial charge in [0.1, 0.15) is 0 Å². The molecule has 0 aliphatic heterocycles. The molecule has 4 N–H and O–H groups in total. The summed E-state index contributed by atoms with van der Waals surface area (Å²) in [6, 6.07) is 4.03. The molecular weight excluding hydrogens is 275 g/mol. The number of amides is 1. The van der Waals surface area contributed by atoms with Crippen molar-refractivity contribution in [2.75, 3.05) is 18.2 Å². The van der Waals surface area contributed by atoms with Gasteiger partial charge >= 0.3 is 0 Å². The van der Waals surface area contributed by atoms with Crippen molar-refractivity contribution in [3.8, 4) is 5.75 Å². The van der Waals surface area contributed by atoms with Gasteiger partial charge in [0, 0.05) is 11.8 Å². The van der Waals surface area contributed by atoms with E-state index in [2.05, 4.69) is 15.5 Å². The molecule has 0 fully saturated rings. The highest BCUT2D eigenvalue weighted by Gasteiger charge is 2.19. The van der Waals surface area contributed by atoms with E-state index in [0.717, 1.165) is 0 Å². The lowest BCUT2D eigenvalue weighted by Crippen LogP contribution is -2.14. The number of H-pyrrole nitrogens is 1. The van der Waals surface area contributed by atoms with Crippen molar-refractivity contribution in [2.45, 2.75) is 19.8 Å². The van der Waals surface area contributed by atoms with E-state index >= 15 is 0 Å². The molecule has 21 heavy (non-hydrogen) atoms. The van der Waals surface area contributed by atoms with Crippen molar-refractivity contribution in [2.24, 2.45) is 0 Å². The molecule has 6 nitrogen and oxygen atoms in total. The molecule has 0 spiro atoms. The second-order valence-corrected chi connectivity index (χ2v) is 4.86. The minimum atomic E-state index is -0.503. The van der Waals surface area contributed by atoms with Gasteiger partial charge in [-0.15, -0.1) is 0 Å². The van der Waals surface area contributed by atoms with E-state index in [0.29, 0.717) is 17.1 Å². The molecule has 112 valence electrons. The molecule has 1 aromatic heterocycles. The number of rotatable bonds is 4. The van der Waals surface area contributed by atoms with E-state index in [4.69, 9.17) is 10.5 Å². The van der Waals surface area contributed by atoms with Crippen molar-refractivity contribution in [1.82, 2.24) is 10.2 Å². The van der Waals surface area contributed by atoms with Gasteiger partial charge < -0.3 is 15.8 Å². The smallest absolute Gasteiger partial charge is 0.278 e.